The Morgan fingerprint density at radius 3 is 2.61 bits per heavy atom. The van der Waals surface area contributed by atoms with Gasteiger partial charge in [0.1, 0.15) is 5.75 Å². The number of aromatic hydroxyl groups is 1. The van der Waals surface area contributed by atoms with Gasteiger partial charge in [-0.3, -0.25) is 5.21 Å². The molecule has 0 atom stereocenters. The number of nitriles is 1. The van der Waals surface area contributed by atoms with E-state index >= 15 is 0 Å². The normalized spacial score (nSPS) is 14.5. The Balaban J connectivity index is 0.00000132. The van der Waals surface area contributed by atoms with Crippen LogP contribution in [0.5, 0.6) is 5.75 Å². The summed E-state index contributed by atoms with van der Waals surface area (Å²) in [7, 11) is 2.09. The van der Waals surface area contributed by atoms with Crippen molar-refractivity contribution in [2.45, 2.75) is 13.8 Å². The third kappa shape index (κ3) is 5.59. The summed E-state index contributed by atoms with van der Waals surface area (Å²) in [6, 6.07) is 12.0. The van der Waals surface area contributed by atoms with Crippen LogP contribution in [0.15, 0.2) is 36.4 Å². The second kappa shape index (κ2) is 10.4. The molecule has 0 amide bonds. The maximum Gasteiger partial charge on any atom is 0.205 e. The van der Waals surface area contributed by atoms with Crippen molar-refractivity contribution in [3.8, 4) is 11.8 Å². The van der Waals surface area contributed by atoms with Crippen molar-refractivity contribution in [2.24, 2.45) is 0 Å². The maximum atomic E-state index is 10.5. The van der Waals surface area contributed by atoms with Crippen LogP contribution < -0.4 is 9.79 Å². The molecule has 2 aromatic carbocycles. The molecular formula is C21H27N7O2S. The van der Waals surface area contributed by atoms with Gasteiger partial charge in [-0.1, -0.05) is 13.8 Å². The number of imidazole rings is 1. The van der Waals surface area contributed by atoms with Crippen molar-refractivity contribution >= 4 is 40.5 Å². The predicted octanol–water partition coefficient (Wildman–Crippen LogP) is 3.92. The zero-order valence-electron chi connectivity index (χ0n) is 17.8. The zero-order valence-corrected chi connectivity index (χ0v) is 18.6. The van der Waals surface area contributed by atoms with Crippen LogP contribution in [-0.2, 0) is 0 Å². The van der Waals surface area contributed by atoms with Gasteiger partial charge in [0, 0.05) is 26.2 Å². The number of rotatable bonds is 5. The minimum Gasteiger partial charge on any atom is -0.506 e. The number of benzene rings is 2. The number of anilines is 3. The lowest BCUT2D eigenvalue weighted by Crippen LogP contribution is -2.42. The highest BCUT2D eigenvalue weighted by Gasteiger charge is 2.18. The SMILES string of the molecule is CC.CN1CCN(SN(O)c2ccc3nc(Nc4cc(C#N)ccc4O)[nH]c3c2)CC1. The number of hydrogen-bond acceptors (Lipinski definition) is 9. The van der Waals surface area contributed by atoms with Crippen molar-refractivity contribution < 1.29 is 10.3 Å². The number of phenols is 1. The Labute approximate surface area is 186 Å². The van der Waals surface area contributed by atoms with E-state index in [2.05, 4.69) is 31.5 Å². The third-order valence-electron chi connectivity index (χ3n) is 4.72. The van der Waals surface area contributed by atoms with Crippen LogP contribution in [0.25, 0.3) is 11.0 Å². The number of aromatic amines is 1. The first kappa shape index (κ1) is 22.7. The Kier molecular flexibility index (Phi) is 7.59. The van der Waals surface area contributed by atoms with E-state index in [9.17, 15) is 10.3 Å². The lowest BCUT2D eigenvalue weighted by Gasteiger charge is -2.32. The number of aromatic nitrogens is 2. The average molecular weight is 442 g/mol. The summed E-state index contributed by atoms with van der Waals surface area (Å²) in [4.78, 5) is 9.83. The monoisotopic (exact) mass is 441 g/mol. The van der Waals surface area contributed by atoms with Gasteiger partial charge in [0.2, 0.25) is 5.95 Å². The first-order valence-electron chi connectivity index (χ1n) is 10.1. The summed E-state index contributed by atoms with van der Waals surface area (Å²) < 4.78 is 3.27. The number of likely N-dealkylation sites (N-methyl/N-ethyl adjacent to an activating group) is 1. The fraction of sp³-hybridized carbons (Fsp3) is 0.333. The van der Waals surface area contributed by atoms with Gasteiger partial charge >= 0.3 is 0 Å². The number of fused-ring (bicyclic) bond motifs is 1. The lowest BCUT2D eigenvalue weighted by atomic mass is 10.2. The molecule has 4 rings (SSSR count). The number of phenolic OH excluding ortho intramolecular Hbond substituents is 1. The summed E-state index contributed by atoms with van der Waals surface area (Å²) in [6.07, 6.45) is 0. The summed E-state index contributed by atoms with van der Waals surface area (Å²) in [5.41, 5.74) is 2.90. The van der Waals surface area contributed by atoms with Gasteiger partial charge in [0.15, 0.2) is 0 Å². The molecule has 0 aliphatic carbocycles. The van der Waals surface area contributed by atoms with Crippen molar-refractivity contribution in [1.82, 2.24) is 19.2 Å². The summed E-state index contributed by atoms with van der Waals surface area (Å²) >= 11 is 1.28. The van der Waals surface area contributed by atoms with Gasteiger partial charge in [-0.2, -0.15) is 9.73 Å². The highest BCUT2D eigenvalue weighted by Crippen LogP contribution is 2.30. The first-order valence-corrected chi connectivity index (χ1v) is 10.9. The second-order valence-corrected chi connectivity index (χ2v) is 7.87. The Bertz CT molecular complexity index is 1060. The summed E-state index contributed by atoms with van der Waals surface area (Å²) in [5.74, 6) is 0.453. The highest BCUT2D eigenvalue weighted by molar-refractivity contribution is 7.98. The van der Waals surface area contributed by atoms with Gasteiger partial charge in [0.05, 0.1) is 46.2 Å². The zero-order chi connectivity index (χ0) is 22.4. The van der Waals surface area contributed by atoms with Crippen molar-refractivity contribution in [1.29, 1.82) is 5.26 Å². The molecule has 0 spiro atoms. The molecule has 0 unspecified atom stereocenters. The standard InChI is InChI=1S/C19H21N7O2S.C2H6/c1-24-6-8-25(9-7-24)29-26(28)14-3-4-15-16(11-14)22-19(21-15)23-17-10-13(12-20)2-5-18(17)27;1-2/h2-5,10-11,27-28H,6-9H2,1H3,(H2,21,22,23);1-2H3. The number of nitrogens with one attached hydrogen (secondary N) is 2. The molecule has 4 N–H and O–H groups in total. The van der Waals surface area contributed by atoms with Crippen LogP contribution in [0.1, 0.15) is 19.4 Å². The second-order valence-electron chi connectivity index (χ2n) is 6.84. The number of H-pyrrole nitrogens is 1. The molecule has 10 heteroatoms. The molecule has 2 heterocycles. The van der Waals surface area contributed by atoms with E-state index in [1.54, 1.807) is 18.2 Å². The molecule has 0 radical (unpaired) electrons. The highest BCUT2D eigenvalue weighted by atomic mass is 32.2. The summed E-state index contributed by atoms with van der Waals surface area (Å²) in [6.45, 7) is 7.69. The molecular weight excluding hydrogens is 414 g/mol. The fourth-order valence-corrected chi connectivity index (χ4v) is 3.79. The largest absolute Gasteiger partial charge is 0.506 e. The number of piperazine rings is 1. The lowest BCUT2D eigenvalue weighted by molar-refractivity contribution is 0.228. The van der Waals surface area contributed by atoms with Gasteiger partial charge in [0.25, 0.3) is 0 Å². The van der Waals surface area contributed by atoms with Crippen LogP contribution in [0, 0.1) is 11.3 Å². The molecule has 0 bridgehead atoms. The van der Waals surface area contributed by atoms with E-state index in [1.165, 1.54) is 18.2 Å². The molecule has 164 valence electrons. The number of hydrogen-bond donors (Lipinski definition) is 4. The molecule has 1 fully saturated rings. The molecule has 1 aliphatic rings. The van der Waals surface area contributed by atoms with Crippen LogP contribution in [-0.4, -0.2) is 62.7 Å². The molecule has 31 heavy (non-hydrogen) atoms. The minimum absolute atomic E-state index is 0.0234. The molecule has 1 aromatic heterocycles. The van der Waals surface area contributed by atoms with Gasteiger partial charge in [-0.25, -0.2) is 9.29 Å². The number of nitrogens with zero attached hydrogens (tertiary/aromatic N) is 5. The fourth-order valence-electron chi connectivity index (χ4n) is 3.04. The van der Waals surface area contributed by atoms with Gasteiger partial charge < -0.3 is 20.3 Å². The third-order valence-corrected chi connectivity index (χ3v) is 5.68. The molecule has 1 aliphatic heterocycles. The van der Waals surface area contributed by atoms with E-state index in [0.29, 0.717) is 28.4 Å². The molecule has 3 aromatic rings. The van der Waals surface area contributed by atoms with E-state index in [0.717, 1.165) is 36.2 Å². The average Bonchev–Trinajstić information content (AvgIpc) is 3.19. The van der Waals surface area contributed by atoms with E-state index in [1.807, 2.05) is 32.0 Å². The van der Waals surface area contributed by atoms with Crippen LogP contribution in [0.3, 0.4) is 0 Å². The topological polar surface area (TPSA) is 115 Å². The van der Waals surface area contributed by atoms with Crippen LogP contribution in [0.4, 0.5) is 17.3 Å². The van der Waals surface area contributed by atoms with Crippen molar-refractivity contribution in [2.75, 3.05) is 43.0 Å². The van der Waals surface area contributed by atoms with Crippen molar-refractivity contribution in [3.63, 3.8) is 0 Å². The molecule has 1 saturated heterocycles. The quantitative estimate of drug-likeness (QED) is 0.266. The van der Waals surface area contributed by atoms with Crippen LogP contribution >= 0.6 is 12.1 Å². The molecule has 9 nitrogen and oxygen atoms in total. The minimum atomic E-state index is 0.0234. The van der Waals surface area contributed by atoms with E-state index in [-0.39, 0.29) is 5.75 Å². The Morgan fingerprint density at radius 1 is 1.16 bits per heavy atom. The first-order chi connectivity index (χ1) is 15.0. The van der Waals surface area contributed by atoms with Gasteiger partial charge in [-0.05, 0) is 43.4 Å². The maximum absolute atomic E-state index is 10.5. The Hall–Kier alpha value is -2.97. The Morgan fingerprint density at radius 2 is 1.90 bits per heavy atom. The smallest absolute Gasteiger partial charge is 0.205 e. The van der Waals surface area contributed by atoms with E-state index in [4.69, 9.17) is 5.26 Å². The summed E-state index contributed by atoms with van der Waals surface area (Å²) in [5, 5.41) is 32.5. The van der Waals surface area contributed by atoms with E-state index < -0.39 is 0 Å². The molecule has 0 saturated carbocycles. The van der Waals surface area contributed by atoms with Crippen molar-refractivity contribution in [3.05, 3.63) is 42.0 Å². The van der Waals surface area contributed by atoms with Gasteiger partial charge in [-0.15, -0.1) is 0 Å². The van der Waals surface area contributed by atoms with Crippen LogP contribution in [0.2, 0.25) is 0 Å². The predicted molar refractivity (Wildman–Crippen MR) is 124 cm³/mol.